The normalized spacial score (nSPS) is 14.7. The van der Waals surface area contributed by atoms with Crippen molar-refractivity contribution in [1.29, 1.82) is 0 Å². The first-order valence-electron chi connectivity index (χ1n) is 5.56. The van der Waals surface area contributed by atoms with Crippen LogP contribution in [0.2, 0.25) is 0 Å². The highest BCUT2D eigenvalue weighted by Gasteiger charge is 2.10. The van der Waals surface area contributed by atoms with Gasteiger partial charge in [0.1, 0.15) is 5.75 Å². The molecule has 15 heavy (non-hydrogen) atoms. The Morgan fingerprint density at radius 1 is 1.20 bits per heavy atom. The lowest BCUT2D eigenvalue weighted by Gasteiger charge is -2.15. The summed E-state index contributed by atoms with van der Waals surface area (Å²) in [5, 5.41) is 9.45. The van der Waals surface area contributed by atoms with E-state index < -0.39 is 0 Å². The van der Waals surface area contributed by atoms with Crippen LogP contribution < -0.4 is 4.74 Å². The first-order chi connectivity index (χ1) is 7.15. The van der Waals surface area contributed by atoms with Crippen molar-refractivity contribution >= 4 is 0 Å². The summed E-state index contributed by atoms with van der Waals surface area (Å²) in [4.78, 5) is 0. The van der Waals surface area contributed by atoms with E-state index in [1.54, 1.807) is 0 Å². The van der Waals surface area contributed by atoms with E-state index in [4.69, 9.17) is 4.74 Å². The largest absolute Gasteiger partial charge is 0.494 e. The fraction of sp³-hybridized carbons (Fsp3) is 0.538. The lowest BCUT2D eigenvalue weighted by atomic mass is 9.96. The van der Waals surface area contributed by atoms with Gasteiger partial charge in [-0.25, -0.2) is 0 Å². The van der Waals surface area contributed by atoms with Crippen molar-refractivity contribution in [2.24, 2.45) is 0 Å². The van der Waals surface area contributed by atoms with Crippen molar-refractivity contribution in [1.82, 2.24) is 0 Å². The van der Waals surface area contributed by atoms with Gasteiger partial charge in [0.05, 0.1) is 12.7 Å². The van der Waals surface area contributed by atoms with Crippen LogP contribution in [0.5, 0.6) is 5.75 Å². The minimum absolute atomic E-state index is 0.172. The number of aliphatic hydroxyl groups is 1. The molecule has 2 unspecified atom stereocenters. The fourth-order valence-electron chi connectivity index (χ4n) is 1.37. The molecular weight excluding hydrogens is 188 g/mol. The van der Waals surface area contributed by atoms with Crippen LogP contribution in [0.15, 0.2) is 24.3 Å². The van der Waals surface area contributed by atoms with Crippen LogP contribution in [0, 0.1) is 0 Å². The molecule has 0 fully saturated rings. The molecule has 0 radical (unpaired) electrons. The number of aliphatic hydroxyl groups excluding tert-OH is 1. The summed E-state index contributed by atoms with van der Waals surface area (Å²) < 4.78 is 5.49. The molecule has 0 aromatic heterocycles. The van der Waals surface area contributed by atoms with Crippen molar-refractivity contribution in [3.05, 3.63) is 29.8 Å². The van der Waals surface area contributed by atoms with E-state index in [2.05, 4.69) is 6.92 Å². The van der Waals surface area contributed by atoms with Crippen LogP contribution in [-0.4, -0.2) is 17.8 Å². The first kappa shape index (κ1) is 12.1. The maximum atomic E-state index is 9.45. The molecule has 2 nitrogen and oxygen atoms in total. The molecule has 1 N–H and O–H groups in total. The summed E-state index contributed by atoms with van der Waals surface area (Å²) in [6.45, 7) is 6.67. The molecule has 0 spiro atoms. The van der Waals surface area contributed by atoms with E-state index in [1.807, 2.05) is 38.1 Å². The van der Waals surface area contributed by atoms with Gasteiger partial charge in [0.2, 0.25) is 0 Å². The Balaban J connectivity index is 2.63. The molecule has 0 bridgehead atoms. The topological polar surface area (TPSA) is 29.5 Å². The van der Waals surface area contributed by atoms with E-state index in [-0.39, 0.29) is 12.0 Å². The molecule has 0 aliphatic rings. The van der Waals surface area contributed by atoms with E-state index in [0.29, 0.717) is 0 Å². The lowest BCUT2D eigenvalue weighted by molar-refractivity contribution is 0.169. The van der Waals surface area contributed by atoms with Crippen molar-refractivity contribution < 1.29 is 9.84 Å². The minimum atomic E-state index is -0.313. The Bertz CT molecular complexity index is 277. The number of rotatable bonds is 5. The van der Waals surface area contributed by atoms with Crippen molar-refractivity contribution in [3.63, 3.8) is 0 Å². The molecule has 0 aliphatic heterocycles. The molecule has 84 valence electrons. The highest BCUT2D eigenvalue weighted by molar-refractivity contribution is 5.29. The average Bonchev–Trinajstić information content (AvgIpc) is 2.26. The number of ether oxygens (including phenoxy) is 1. The summed E-state index contributed by atoms with van der Waals surface area (Å²) in [7, 11) is 0. The van der Waals surface area contributed by atoms with Gasteiger partial charge in [-0.3, -0.25) is 0 Å². The minimum Gasteiger partial charge on any atom is -0.494 e. The van der Waals surface area contributed by atoms with E-state index in [0.717, 1.165) is 24.3 Å². The highest BCUT2D eigenvalue weighted by Crippen LogP contribution is 2.21. The van der Waals surface area contributed by atoms with Gasteiger partial charge in [0, 0.05) is 5.92 Å². The van der Waals surface area contributed by atoms with Crippen LogP contribution in [0.4, 0.5) is 0 Å². The average molecular weight is 208 g/mol. The van der Waals surface area contributed by atoms with Crippen molar-refractivity contribution in [2.45, 2.75) is 39.2 Å². The molecule has 2 heteroatoms. The van der Waals surface area contributed by atoms with E-state index in [9.17, 15) is 5.11 Å². The van der Waals surface area contributed by atoms with Crippen molar-refractivity contribution in [2.75, 3.05) is 6.61 Å². The Labute approximate surface area is 91.9 Å². The molecule has 0 amide bonds. The molecule has 0 aliphatic carbocycles. The van der Waals surface area contributed by atoms with Gasteiger partial charge in [0.25, 0.3) is 0 Å². The summed E-state index contributed by atoms with van der Waals surface area (Å²) in [6, 6.07) is 7.96. The predicted molar refractivity (Wildman–Crippen MR) is 62.3 cm³/mol. The second-order valence-corrected chi connectivity index (χ2v) is 3.95. The van der Waals surface area contributed by atoms with E-state index >= 15 is 0 Å². The van der Waals surface area contributed by atoms with Gasteiger partial charge in [0.15, 0.2) is 0 Å². The first-order valence-corrected chi connectivity index (χ1v) is 5.56. The Morgan fingerprint density at radius 3 is 2.27 bits per heavy atom. The van der Waals surface area contributed by atoms with Gasteiger partial charge in [-0.05, 0) is 31.0 Å². The third-order valence-corrected chi connectivity index (χ3v) is 2.60. The van der Waals surface area contributed by atoms with Crippen LogP contribution in [0.3, 0.4) is 0 Å². The van der Waals surface area contributed by atoms with Crippen molar-refractivity contribution in [3.8, 4) is 5.75 Å². The Morgan fingerprint density at radius 2 is 1.80 bits per heavy atom. The monoisotopic (exact) mass is 208 g/mol. The number of hydrogen-bond acceptors (Lipinski definition) is 2. The molecule has 0 saturated carbocycles. The zero-order chi connectivity index (χ0) is 11.3. The molecule has 0 saturated heterocycles. The summed E-state index contributed by atoms with van der Waals surface area (Å²) in [6.07, 6.45) is 0.707. The fourth-order valence-corrected chi connectivity index (χ4v) is 1.37. The van der Waals surface area contributed by atoms with Crippen LogP contribution in [0.25, 0.3) is 0 Å². The van der Waals surface area contributed by atoms with Crippen LogP contribution in [-0.2, 0) is 0 Å². The van der Waals surface area contributed by atoms with Gasteiger partial charge in [-0.2, -0.15) is 0 Å². The standard InChI is InChI=1S/C13H20O2/c1-4-9-15-13-7-5-12(6-8-13)10(2)11(3)14/h5-8,10-11,14H,4,9H2,1-3H3. The lowest BCUT2D eigenvalue weighted by Crippen LogP contribution is -2.10. The third kappa shape index (κ3) is 3.56. The number of benzene rings is 1. The zero-order valence-corrected chi connectivity index (χ0v) is 9.73. The smallest absolute Gasteiger partial charge is 0.119 e. The molecule has 1 rings (SSSR count). The summed E-state index contributed by atoms with van der Waals surface area (Å²) in [5.41, 5.74) is 1.15. The van der Waals surface area contributed by atoms with Gasteiger partial charge >= 0.3 is 0 Å². The molecule has 1 aromatic rings. The Hall–Kier alpha value is -1.02. The van der Waals surface area contributed by atoms with E-state index in [1.165, 1.54) is 0 Å². The molecular formula is C13H20O2. The third-order valence-electron chi connectivity index (χ3n) is 2.60. The quantitative estimate of drug-likeness (QED) is 0.806. The molecule has 2 atom stereocenters. The predicted octanol–water partition coefficient (Wildman–Crippen LogP) is 2.96. The summed E-state index contributed by atoms with van der Waals surface area (Å²) in [5.74, 6) is 1.07. The SMILES string of the molecule is CCCOc1ccc(C(C)C(C)O)cc1. The number of hydrogen-bond donors (Lipinski definition) is 1. The maximum absolute atomic E-state index is 9.45. The second kappa shape index (κ2) is 5.76. The van der Waals surface area contributed by atoms with Gasteiger partial charge < -0.3 is 9.84 Å². The van der Waals surface area contributed by atoms with Gasteiger partial charge in [-0.15, -0.1) is 0 Å². The maximum Gasteiger partial charge on any atom is 0.119 e. The molecule has 1 aromatic carbocycles. The zero-order valence-electron chi connectivity index (χ0n) is 9.73. The van der Waals surface area contributed by atoms with Crippen LogP contribution >= 0.6 is 0 Å². The Kier molecular flexibility index (Phi) is 4.63. The second-order valence-electron chi connectivity index (χ2n) is 3.95. The van der Waals surface area contributed by atoms with Crippen LogP contribution in [0.1, 0.15) is 38.7 Å². The highest BCUT2D eigenvalue weighted by atomic mass is 16.5. The molecule has 0 heterocycles. The summed E-state index contributed by atoms with van der Waals surface area (Å²) >= 11 is 0. The van der Waals surface area contributed by atoms with Gasteiger partial charge in [-0.1, -0.05) is 26.0 Å².